The third-order valence-corrected chi connectivity index (χ3v) is 9.66. The predicted molar refractivity (Wildman–Crippen MR) is 156 cm³/mol. The van der Waals surface area contributed by atoms with E-state index in [2.05, 4.69) is 0 Å². The van der Waals surface area contributed by atoms with Gasteiger partial charge >= 0.3 is 5.97 Å². The molecule has 4 aliphatic heterocycles. The molecule has 244 valence electrons. The second-order valence-electron chi connectivity index (χ2n) is 11.2. The van der Waals surface area contributed by atoms with Gasteiger partial charge in [-0.3, -0.25) is 4.79 Å². The number of ether oxygens (including phenoxy) is 9. The van der Waals surface area contributed by atoms with Gasteiger partial charge in [0, 0.05) is 11.8 Å². The van der Waals surface area contributed by atoms with Crippen LogP contribution < -0.4 is 18.9 Å². The Morgan fingerprint density at radius 1 is 1.00 bits per heavy atom. The predicted octanol–water partition coefficient (Wildman–Crippen LogP) is 2.75. The number of cyclic esters (lactones) is 1. The van der Waals surface area contributed by atoms with E-state index in [0.29, 0.717) is 4.88 Å². The van der Waals surface area contributed by atoms with Crippen molar-refractivity contribution < 1.29 is 76.5 Å². The van der Waals surface area contributed by atoms with E-state index in [9.17, 15) is 20.1 Å². The number of fused-ring (bicyclic) bond motifs is 4. The number of phenolic OH excluding ortho intramolecular Hbond substituents is 1. The molecule has 3 saturated heterocycles. The van der Waals surface area contributed by atoms with Crippen LogP contribution >= 0.6 is 11.3 Å². The largest absolute Gasteiger partial charge is 0.502 e. The van der Waals surface area contributed by atoms with Gasteiger partial charge in [-0.25, -0.2) is 0 Å². The zero-order valence-electron chi connectivity index (χ0n) is 33.4. The minimum atomic E-state index is -3.18. The molecule has 0 radical (unpaired) electrons. The average Bonchev–Trinajstić information content (AvgIpc) is 3.78. The molecule has 0 saturated carbocycles. The number of carbonyl (C=O) groups is 1. The Labute approximate surface area is 281 Å². The third kappa shape index (κ3) is 4.70. The van der Waals surface area contributed by atoms with Crippen LogP contribution in [0.15, 0.2) is 41.8 Å². The van der Waals surface area contributed by atoms with Gasteiger partial charge in [-0.15, -0.1) is 11.3 Å². The fraction of sp³-hybridized carbons (Fsp3) is 0.469. The van der Waals surface area contributed by atoms with E-state index in [-0.39, 0.29) is 34.8 Å². The van der Waals surface area contributed by atoms with Gasteiger partial charge < -0.3 is 58.0 Å². The Morgan fingerprint density at radius 3 is 2.48 bits per heavy atom. The Kier molecular flexibility index (Phi) is 5.17. The fourth-order valence-electron chi connectivity index (χ4n) is 6.66. The molecule has 0 spiro atoms. The number of hydrogen-bond donors (Lipinski definition) is 3. The van der Waals surface area contributed by atoms with Crippen molar-refractivity contribution in [2.75, 3.05) is 34.0 Å². The van der Waals surface area contributed by atoms with Crippen LogP contribution in [0.25, 0.3) is 0 Å². The summed E-state index contributed by atoms with van der Waals surface area (Å²) in [4.78, 5) is 14.6. The molecule has 1 aromatic heterocycles. The number of aliphatic hydroxyl groups is 2. The van der Waals surface area contributed by atoms with Gasteiger partial charge in [0.2, 0.25) is 12.5 Å². The molecule has 5 aliphatic rings. The highest BCUT2D eigenvalue weighted by molar-refractivity contribution is 7.10. The summed E-state index contributed by atoms with van der Waals surface area (Å²) in [5.74, 6) is -8.65. The summed E-state index contributed by atoms with van der Waals surface area (Å²) >= 11 is 1.36. The standard InChI is InChI=1S/C32H32O13S/c1-37-19-6-13(7-20(38-2)25(19)33)23-14-8-17-18(42-12-41-17)9-15(14)28(16-10-39-30(36)24(16)23)44-32-27(35)26(34)29-21(43-32)11-40-31(45-29)22-4-3-5-46-22/h3-9,16,21,23-24,26-29,31-35H,10-12H2,1-2H3/t16-,21+,23+,24-,26+,27+,28+,29+,31+,32-/m0/s1/i1D3,2D3,10D2,12D2. The van der Waals surface area contributed by atoms with Crippen molar-refractivity contribution in [1.29, 1.82) is 0 Å². The highest BCUT2D eigenvalue weighted by atomic mass is 32.1. The van der Waals surface area contributed by atoms with Crippen molar-refractivity contribution in [2.24, 2.45) is 11.8 Å². The first-order valence-corrected chi connectivity index (χ1v) is 15.0. The van der Waals surface area contributed by atoms with E-state index < -0.39 is 111 Å². The Hall–Kier alpha value is -3.63. The first-order chi connectivity index (χ1) is 26.1. The summed E-state index contributed by atoms with van der Waals surface area (Å²) in [7, 11) is -6.35. The molecule has 3 N–H and O–H groups in total. The number of methoxy groups -OCH3 is 2. The lowest BCUT2D eigenvalue weighted by atomic mass is 9.66. The molecule has 3 aromatic rings. The number of aliphatic hydroxyl groups excluding tert-OH is 2. The number of phenols is 1. The van der Waals surface area contributed by atoms with Gasteiger partial charge in [0.25, 0.3) is 0 Å². The molecule has 14 heteroatoms. The number of benzene rings is 2. The minimum Gasteiger partial charge on any atom is -0.502 e. The topological polar surface area (TPSA) is 161 Å². The summed E-state index contributed by atoms with van der Waals surface area (Å²) < 4.78 is 130. The van der Waals surface area contributed by atoms with Crippen molar-refractivity contribution in [3.05, 3.63) is 63.3 Å². The SMILES string of the molecule is [2H]C([2H])([2H])Oc1cc([C@@H]2c3cc4c(cc3[C@@H](O[C@@H]3O[C@@H]5CO[C@@H](c6cccs6)O[C@H]5[C@H](O)[C@H]3O)[C@@H]3[C@@H]2C(=O)OC3([2H])[2H])OC([2H])([2H])O4)cc(OC([2H])([2H])[2H])c1O. The number of aromatic hydroxyl groups is 1. The number of rotatable bonds is 6. The second-order valence-corrected chi connectivity index (χ2v) is 12.2. The first kappa shape index (κ1) is 20.6. The molecule has 3 fully saturated rings. The maximum absolute atomic E-state index is 13.8. The van der Waals surface area contributed by atoms with Crippen molar-refractivity contribution in [2.45, 2.75) is 49.0 Å². The summed E-state index contributed by atoms with van der Waals surface area (Å²) in [6, 6.07) is 8.10. The zero-order chi connectivity index (χ0) is 40.3. The highest BCUT2D eigenvalue weighted by Gasteiger charge is 2.56. The molecule has 8 rings (SSSR count). The smallest absolute Gasteiger partial charge is 0.310 e. The van der Waals surface area contributed by atoms with Crippen LogP contribution in [0.5, 0.6) is 28.7 Å². The van der Waals surface area contributed by atoms with Crippen LogP contribution in [-0.4, -0.2) is 86.0 Å². The first-order valence-electron chi connectivity index (χ1n) is 19.1. The molecule has 10 atom stereocenters. The Balaban J connectivity index is 1.24. The van der Waals surface area contributed by atoms with Crippen LogP contribution in [0.2, 0.25) is 0 Å². The summed E-state index contributed by atoms with van der Waals surface area (Å²) in [6.07, 6.45) is -9.62. The Bertz CT molecular complexity index is 1970. The molecule has 1 aliphatic carbocycles. The van der Waals surface area contributed by atoms with Gasteiger partial charge in [0.05, 0.1) is 55.1 Å². The summed E-state index contributed by atoms with van der Waals surface area (Å²) in [5, 5.41) is 35.3. The van der Waals surface area contributed by atoms with E-state index in [1.807, 2.05) is 5.38 Å². The lowest BCUT2D eigenvalue weighted by Gasteiger charge is -2.48. The molecule has 0 unspecified atom stereocenters. The lowest BCUT2D eigenvalue weighted by Crippen LogP contribution is -2.62. The van der Waals surface area contributed by atoms with Crippen LogP contribution in [0.1, 0.15) is 53.6 Å². The maximum Gasteiger partial charge on any atom is 0.310 e. The van der Waals surface area contributed by atoms with E-state index in [1.165, 1.54) is 23.5 Å². The quantitative estimate of drug-likeness (QED) is 0.330. The van der Waals surface area contributed by atoms with E-state index in [1.54, 1.807) is 12.1 Å². The van der Waals surface area contributed by atoms with Gasteiger partial charge in [0.15, 0.2) is 35.6 Å². The molecule has 5 heterocycles. The van der Waals surface area contributed by atoms with Gasteiger partial charge in [0.1, 0.15) is 27.2 Å². The molecule has 13 nitrogen and oxygen atoms in total. The molecule has 0 bridgehead atoms. The minimum absolute atomic E-state index is 0.0180. The van der Waals surface area contributed by atoms with Crippen molar-refractivity contribution >= 4 is 17.3 Å². The van der Waals surface area contributed by atoms with Crippen LogP contribution in [0.4, 0.5) is 0 Å². The van der Waals surface area contributed by atoms with Crippen molar-refractivity contribution in [3.63, 3.8) is 0 Å². The second kappa shape index (κ2) is 11.6. The molecule has 2 aromatic carbocycles. The summed E-state index contributed by atoms with van der Waals surface area (Å²) in [6.45, 7) is -5.61. The summed E-state index contributed by atoms with van der Waals surface area (Å²) in [5.41, 5.74) is -0.0517. The zero-order valence-corrected chi connectivity index (χ0v) is 24.2. The van der Waals surface area contributed by atoms with Crippen LogP contribution in [-0.2, 0) is 28.5 Å². The molecular weight excluding hydrogens is 624 g/mol. The average molecular weight is 667 g/mol. The molecule has 46 heavy (non-hydrogen) atoms. The number of hydrogen-bond acceptors (Lipinski definition) is 14. The fourth-order valence-corrected chi connectivity index (χ4v) is 7.36. The highest BCUT2D eigenvalue weighted by Crippen LogP contribution is 2.57. The number of carbonyl (C=O) groups excluding carboxylic acids is 1. The third-order valence-electron chi connectivity index (χ3n) is 8.77. The van der Waals surface area contributed by atoms with E-state index >= 15 is 0 Å². The van der Waals surface area contributed by atoms with Crippen molar-refractivity contribution in [3.8, 4) is 28.7 Å². The number of esters is 1. The van der Waals surface area contributed by atoms with E-state index in [4.69, 9.17) is 56.3 Å². The lowest BCUT2D eigenvalue weighted by molar-refractivity contribution is -0.368. The van der Waals surface area contributed by atoms with Crippen LogP contribution in [0, 0.1) is 11.8 Å². The molecule has 0 amide bonds. The van der Waals surface area contributed by atoms with Crippen molar-refractivity contribution in [1.82, 2.24) is 0 Å². The maximum atomic E-state index is 13.8. The normalized spacial score (nSPS) is 40.3. The molecular formula is C32H32O13S. The van der Waals surface area contributed by atoms with Gasteiger partial charge in [-0.2, -0.15) is 0 Å². The van der Waals surface area contributed by atoms with E-state index in [0.717, 1.165) is 12.1 Å². The van der Waals surface area contributed by atoms with Gasteiger partial charge in [-0.1, -0.05) is 6.07 Å². The number of thiophene rings is 1. The Morgan fingerprint density at radius 2 is 1.76 bits per heavy atom. The van der Waals surface area contributed by atoms with Gasteiger partial charge in [-0.05, 0) is 52.4 Å². The van der Waals surface area contributed by atoms with Crippen LogP contribution in [0.3, 0.4) is 0 Å². The monoisotopic (exact) mass is 666 g/mol.